The molecule has 5 heteroatoms. The van der Waals surface area contributed by atoms with Crippen molar-refractivity contribution in [2.75, 3.05) is 5.32 Å². The molecule has 0 amide bonds. The number of carbonyl (C=O) groups is 1. The van der Waals surface area contributed by atoms with Crippen LogP contribution >= 0.6 is 0 Å². The van der Waals surface area contributed by atoms with E-state index in [2.05, 4.69) is 72.0 Å². The zero-order valence-corrected chi connectivity index (χ0v) is 20.1. The highest BCUT2D eigenvalue weighted by Crippen LogP contribution is 2.36. The Morgan fingerprint density at radius 1 is 0.838 bits per heavy atom. The van der Waals surface area contributed by atoms with Crippen molar-refractivity contribution in [1.29, 1.82) is 0 Å². The number of hydrogen-bond acceptors (Lipinski definition) is 4. The van der Waals surface area contributed by atoms with Gasteiger partial charge in [0.2, 0.25) is 6.04 Å². The number of rotatable bonds is 5. The molecule has 3 heterocycles. The summed E-state index contributed by atoms with van der Waals surface area (Å²) in [5, 5.41) is 7.98. The second-order valence-corrected chi connectivity index (χ2v) is 9.47. The second kappa shape index (κ2) is 8.71. The van der Waals surface area contributed by atoms with E-state index in [0.717, 1.165) is 55.6 Å². The average molecular weight is 483 g/mol. The van der Waals surface area contributed by atoms with Crippen molar-refractivity contribution in [2.45, 2.75) is 18.9 Å². The van der Waals surface area contributed by atoms with Gasteiger partial charge in [-0.3, -0.25) is 5.32 Å². The molecule has 0 spiro atoms. The Bertz CT molecular complexity index is 1720. The van der Waals surface area contributed by atoms with E-state index < -0.39 is 6.04 Å². The molecule has 0 fully saturated rings. The Kier molecular flexibility index (Phi) is 5.07. The number of benzene rings is 4. The molecule has 1 unspecified atom stereocenters. The topological polar surface area (TPSA) is 59.0 Å². The molecule has 1 N–H and O–H groups in total. The number of hydrogen-bond donors (Lipinski definition) is 1. The van der Waals surface area contributed by atoms with Gasteiger partial charge in [-0.15, -0.1) is 0 Å². The van der Waals surface area contributed by atoms with Gasteiger partial charge in [-0.2, -0.15) is 4.57 Å². The van der Waals surface area contributed by atoms with Crippen molar-refractivity contribution in [1.82, 2.24) is 4.98 Å². The number of furan rings is 1. The molecule has 0 radical (unpaired) electrons. The Labute approximate surface area is 214 Å². The van der Waals surface area contributed by atoms with Crippen molar-refractivity contribution in [2.24, 2.45) is 0 Å². The molecule has 0 bridgehead atoms. The molecular weight excluding hydrogens is 458 g/mol. The van der Waals surface area contributed by atoms with E-state index in [4.69, 9.17) is 9.40 Å². The van der Waals surface area contributed by atoms with Gasteiger partial charge in [-0.25, -0.2) is 9.78 Å². The van der Waals surface area contributed by atoms with Crippen LogP contribution in [0.3, 0.4) is 0 Å². The maximum atomic E-state index is 13.7. The van der Waals surface area contributed by atoms with Crippen molar-refractivity contribution < 1.29 is 13.8 Å². The lowest BCUT2D eigenvalue weighted by Crippen LogP contribution is -2.44. The van der Waals surface area contributed by atoms with Crippen LogP contribution in [0.15, 0.2) is 114 Å². The van der Waals surface area contributed by atoms with E-state index in [9.17, 15) is 4.79 Å². The van der Waals surface area contributed by atoms with Crippen LogP contribution in [0.25, 0.3) is 32.8 Å². The van der Waals surface area contributed by atoms with E-state index in [0.29, 0.717) is 12.8 Å². The second-order valence-electron chi connectivity index (χ2n) is 9.47. The maximum absolute atomic E-state index is 13.7. The van der Waals surface area contributed by atoms with Gasteiger partial charge < -0.3 is 4.42 Å². The van der Waals surface area contributed by atoms with Crippen molar-refractivity contribution in [3.05, 3.63) is 127 Å². The molecule has 4 aromatic carbocycles. The minimum Gasteiger partial charge on any atom is -0.469 e. The summed E-state index contributed by atoms with van der Waals surface area (Å²) >= 11 is 0. The van der Waals surface area contributed by atoms with Gasteiger partial charge in [0, 0.05) is 12.0 Å². The molecule has 5 nitrogen and oxygen atoms in total. The fourth-order valence-electron chi connectivity index (χ4n) is 5.37. The van der Waals surface area contributed by atoms with Crippen LogP contribution in [0.1, 0.15) is 21.8 Å². The minimum atomic E-state index is -0.415. The monoisotopic (exact) mass is 482 g/mol. The highest BCUT2D eigenvalue weighted by Gasteiger charge is 2.41. The van der Waals surface area contributed by atoms with Gasteiger partial charge >= 0.3 is 11.7 Å². The third kappa shape index (κ3) is 3.76. The lowest BCUT2D eigenvalue weighted by atomic mass is 9.95. The molecule has 7 rings (SSSR count). The molecule has 178 valence electrons. The Balaban J connectivity index is 1.44. The summed E-state index contributed by atoms with van der Waals surface area (Å²) in [6.07, 6.45) is 4.63. The first kappa shape index (κ1) is 21.5. The summed E-state index contributed by atoms with van der Waals surface area (Å²) in [5.41, 5.74) is 3.81. The number of nitrogens with one attached hydrogen (secondary N) is 1. The maximum Gasteiger partial charge on any atom is 0.359 e. The number of carbonyl (C=O) groups excluding carboxylic acids is 1. The first-order chi connectivity index (χ1) is 18.2. The van der Waals surface area contributed by atoms with Crippen molar-refractivity contribution in [3.63, 3.8) is 0 Å². The molecule has 1 atom stereocenters. The smallest absolute Gasteiger partial charge is 0.359 e. The quantitative estimate of drug-likeness (QED) is 0.235. The van der Waals surface area contributed by atoms with E-state index in [1.807, 2.05) is 36.5 Å². The first-order valence-corrected chi connectivity index (χ1v) is 12.5. The van der Waals surface area contributed by atoms with Gasteiger partial charge in [0.25, 0.3) is 0 Å². The average Bonchev–Trinajstić information content (AvgIpc) is 3.56. The third-order valence-electron chi connectivity index (χ3n) is 7.09. The molecule has 0 saturated heterocycles. The summed E-state index contributed by atoms with van der Waals surface area (Å²) in [6, 6.07) is 32.5. The highest BCUT2D eigenvalue weighted by atomic mass is 16.3. The molecule has 37 heavy (non-hydrogen) atoms. The van der Waals surface area contributed by atoms with Crippen LogP contribution < -0.4 is 9.88 Å². The van der Waals surface area contributed by atoms with E-state index >= 15 is 0 Å². The van der Waals surface area contributed by atoms with Crippen LogP contribution in [0, 0.1) is 0 Å². The SMILES string of the molecule is O=C1C(Cc2ccco2)Nc2c(Cc3ccccc3)nc(-c3c4ccccc4cc4ccccc34)c[n+]21. The zero-order chi connectivity index (χ0) is 24.8. The molecule has 0 aliphatic carbocycles. The molecule has 6 aromatic rings. The lowest BCUT2D eigenvalue weighted by molar-refractivity contribution is -0.552. The highest BCUT2D eigenvalue weighted by molar-refractivity contribution is 6.12. The fourth-order valence-corrected chi connectivity index (χ4v) is 5.37. The molecule has 0 saturated carbocycles. The van der Waals surface area contributed by atoms with Gasteiger partial charge in [0.15, 0.2) is 0 Å². The molecule has 1 aliphatic heterocycles. The van der Waals surface area contributed by atoms with Gasteiger partial charge in [0.1, 0.15) is 23.3 Å². The summed E-state index contributed by atoms with van der Waals surface area (Å²) in [7, 11) is 0. The van der Waals surface area contributed by atoms with Crippen LogP contribution in [-0.4, -0.2) is 16.9 Å². The van der Waals surface area contributed by atoms with Crippen molar-refractivity contribution in [3.8, 4) is 11.3 Å². The van der Waals surface area contributed by atoms with Gasteiger partial charge in [-0.1, -0.05) is 78.9 Å². The fraction of sp³-hybridized carbons (Fsp3) is 0.0938. The lowest BCUT2D eigenvalue weighted by Gasteiger charge is -2.12. The Morgan fingerprint density at radius 3 is 2.24 bits per heavy atom. The predicted molar refractivity (Wildman–Crippen MR) is 145 cm³/mol. The van der Waals surface area contributed by atoms with Crippen LogP contribution in [-0.2, 0) is 12.8 Å². The molecular formula is C32H24N3O2+. The van der Waals surface area contributed by atoms with Gasteiger partial charge in [-0.05, 0) is 45.3 Å². The number of fused-ring (bicyclic) bond motifs is 3. The van der Waals surface area contributed by atoms with Crippen LogP contribution in [0.4, 0.5) is 5.82 Å². The summed E-state index contributed by atoms with van der Waals surface area (Å²) in [4.78, 5) is 18.9. The molecule has 1 aliphatic rings. The normalized spacial score (nSPS) is 14.7. The summed E-state index contributed by atoms with van der Waals surface area (Å²) in [6.45, 7) is 0. The third-order valence-corrected chi connectivity index (χ3v) is 7.09. The van der Waals surface area contributed by atoms with Gasteiger partial charge in [0.05, 0.1) is 12.7 Å². The van der Waals surface area contributed by atoms with Crippen LogP contribution in [0.2, 0.25) is 0 Å². The standard InChI is InChI=1S/C32H23N3O2/c36-32-28(19-24-13-8-16-37-24)34-31-27(17-21-9-2-1-3-10-21)33-29(20-35(31)32)30-25-14-6-4-11-22(25)18-23-12-5-7-15-26(23)30/h1-16,18,20,28H,17,19H2/p+1. The summed E-state index contributed by atoms with van der Waals surface area (Å²) < 4.78 is 7.30. The van der Waals surface area contributed by atoms with Crippen molar-refractivity contribution >= 4 is 33.3 Å². The van der Waals surface area contributed by atoms with E-state index in [1.165, 1.54) is 0 Å². The zero-order valence-electron chi connectivity index (χ0n) is 20.1. The Morgan fingerprint density at radius 2 is 1.54 bits per heavy atom. The van der Waals surface area contributed by atoms with Crippen LogP contribution in [0.5, 0.6) is 0 Å². The summed E-state index contributed by atoms with van der Waals surface area (Å²) in [5.74, 6) is 1.52. The predicted octanol–water partition coefficient (Wildman–Crippen LogP) is 6.20. The number of anilines is 1. The van der Waals surface area contributed by atoms with E-state index in [1.54, 1.807) is 10.8 Å². The largest absolute Gasteiger partial charge is 0.469 e. The number of aromatic nitrogens is 2. The number of nitrogens with zero attached hydrogens (tertiary/aromatic N) is 2. The first-order valence-electron chi connectivity index (χ1n) is 12.5. The Hall–Kier alpha value is -4.77. The minimum absolute atomic E-state index is 0.00564. The van der Waals surface area contributed by atoms with E-state index in [-0.39, 0.29) is 5.91 Å². The molecule has 2 aromatic heterocycles.